The number of nitrogens with zero attached hydrogens (tertiary/aromatic N) is 4. The normalized spacial score (nSPS) is 13.0. The molecule has 3 rings (SSSR count). The van der Waals surface area contributed by atoms with E-state index in [0.717, 1.165) is 29.9 Å². The van der Waals surface area contributed by atoms with Crippen LogP contribution >= 0.6 is 11.6 Å². The lowest BCUT2D eigenvalue weighted by Crippen LogP contribution is -2.29. The van der Waals surface area contributed by atoms with E-state index in [0.29, 0.717) is 0 Å². The van der Waals surface area contributed by atoms with Crippen LogP contribution in [0.3, 0.4) is 0 Å². The molecule has 0 radical (unpaired) electrons. The topological polar surface area (TPSA) is 43.6 Å². The predicted octanol–water partition coefficient (Wildman–Crippen LogP) is 4.52. The summed E-state index contributed by atoms with van der Waals surface area (Å²) in [5.41, 5.74) is 0.173. The van der Waals surface area contributed by atoms with Crippen LogP contribution in [-0.2, 0) is 0 Å². The second-order valence-corrected chi connectivity index (χ2v) is 5.79. The van der Waals surface area contributed by atoms with Gasteiger partial charge in [0.25, 0.3) is 5.92 Å². The minimum absolute atomic E-state index is 0.150. The molecule has 0 saturated carbocycles. The molecule has 0 fully saturated rings. The van der Waals surface area contributed by atoms with Gasteiger partial charge in [-0.15, -0.1) is 0 Å². The molecule has 1 aromatic carbocycles. The molecule has 9 heteroatoms. The van der Waals surface area contributed by atoms with E-state index in [9.17, 15) is 17.6 Å². The van der Waals surface area contributed by atoms with Crippen molar-refractivity contribution in [2.24, 2.45) is 0 Å². The van der Waals surface area contributed by atoms with E-state index in [1.807, 2.05) is 0 Å². The molecule has 0 aliphatic carbocycles. The molecule has 130 valence electrons. The number of hydrogen-bond acceptors (Lipinski definition) is 3. The average Bonchev–Trinajstić information content (AvgIpc) is 2.99. The van der Waals surface area contributed by atoms with Gasteiger partial charge in [0.15, 0.2) is 5.82 Å². The molecular formula is C16H11ClF4N4. The Bertz CT molecular complexity index is 890. The first-order valence-corrected chi connectivity index (χ1v) is 7.49. The Kier molecular flexibility index (Phi) is 4.47. The highest BCUT2D eigenvalue weighted by atomic mass is 35.5. The van der Waals surface area contributed by atoms with Crippen molar-refractivity contribution < 1.29 is 17.6 Å². The predicted molar refractivity (Wildman–Crippen MR) is 83.4 cm³/mol. The van der Waals surface area contributed by atoms with Crippen molar-refractivity contribution in [1.29, 1.82) is 0 Å². The molecule has 0 aliphatic heterocycles. The lowest BCUT2D eigenvalue weighted by atomic mass is 10.0. The highest BCUT2D eigenvalue weighted by Crippen LogP contribution is 2.35. The molecule has 0 bridgehead atoms. The second-order valence-electron chi connectivity index (χ2n) is 5.45. The molecule has 3 aromatic rings. The zero-order chi connectivity index (χ0) is 18.2. The maximum atomic E-state index is 14.1. The van der Waals surface area contributed by atoms with Crippen LogP contribution in [0.1, 0.15) is 18.5 Å². The van der Waals surface area contributed by atoms with Crippen LogP contribution in [0.5, 0.6) is 0 Å². The van der Waals surface area contributed by atoms with Crippen molar-refractivity contribution in [2.75, 3.05) is 0 Å². The average molecular weight is 371 g/mol. The zero-order valence-corrected chi connectivity index (χ0v) is 13.6. The maximum absolute atomic E-state index is 14.1. The highest BCUT2D eigenvalue weighted by Gasteiger charge is 2.37. The Morgan fingerprint density at radius 3 is 2.44 bits per heavy atom. The molecule has 0 amide bonds. The Morgan fingerprint density at radius 2 is 1.80 bits per heavy atom. The summed E-state index contributed by atoms with van der Waals surface area (Å²) in [6, 6.07) is 3.18. The molecule has 1 atom stereocenters. The Hall–Kier alpha value is -2.48. The van der Waals surface area contributed by atoms with Crippen molar-refractivity contribution in [3.63, 3.8) is 0 Å². The number of alkyl halides is 2. The van der Waals surface area contributed by atoms with Gasteiger partial charge < -0.3 is 0 Å². The highest BCUT2D eigenvalue weighted by molar-refractivity contribution is 6.28. The van der Waals surface area contributed by atoms with Crippen LogP contribution in [0.4, 0.5) is 17.6 Å². The van der Waals surface area contributed by atoms with Crippen LogP contribution in [0.15, 0.2) is 42.9 Å². The number of aromatic nitrogens is 4. The first kappa shape index (κ1) is 17.3. The van der Waals surface area contributed by atoms with Gasteiger partial charge in [-0.1, -0.05) is 12.1 Å². The Morgan fingerprint density at radius 1 is 1.12 bits per heavy atom. The SMILES string of the molecule is CC(F)(F)[C@@H](c1ccc(F)cc1)n1cc(-c2nc(Cl)ncc2F)cn1. The smallest absolute Gasteiger partial charge is 0.258 e. The molecule has 4 nitrogen and oxygen atoms in total. The summed E-state index contributed by atoms with van der Waals surface area (Å²) < 4.78 is 56.2. The fourth-order valence-corrected chi connectivity index (χ4v) is 2.61. The molecule has 0 saturated heterocycles. The van der Waals surface area contributed by atoms with E-state index in [2.05, 4.69) is 15.1 Å². The number of halogens is 5. The summed E-state index contributed by atoms with van der Waals surface area (Å²) in [7, 11) is 0. The summed E-state index contributed by atoms with van der Waals surface area (Å²) in [4.78, 5) is 7.25. The molecule has 2 aromatic heterocycles. The van der Waals surface area contributed by atoms with Crippen molar-refractivity contribution in [1.82, 2.24) is 19.7 Å². The second kappa shape index (κ2) is 6.44. The molecule has 25 heavy (non-hydrogen) atoms. The van der Waals surface area contributed by atoms with E-state index >= 15 is 0 Å². The molecule has 0 unspecified atom stereocenters. The maximum Gasteiger partial charge on any atom is 0.271 e. The molecule has 2 heterocycles. The van der Waals surface area contributed by atoms with E-state index in [-0.39, 0.29) is 22.1 Å². The van der Waals surface area contributed by atoms with Crippen LogP contribution < -0.4 is 0 Å². The third-order valence-corrected chi connectivity index (χ3v) is 3.70. The van der Waals surface area contributed by atoms with Gasteiger partial charge in [0.2, 0.25) is 5.28 Å². The third-order valence-electron chi connectivity index (χ3n) is 3.52. The van der Waals surface area contributed by atoms with Crippen molar-refractivity contribution in [3.8, 4) is 11.3 Å². The van der Waals surface area contributed by atoms with Gasteiger partial charge in [0.05, 0.1) is 12.4 Å². The molecule has 0 N–H and O–H groups in total. The standard InChI is InChI=1S/C16H11ClF4N4/c1-16(20,21)14(9-2-4-11(18)5-3-9)25-8-10(6-23-25)13-12(19)7-22-15(17)24-13/h2-8,14H,1H3/t14-/m1/s1. The van der Waals surface area contributed by atoms with Crippen LogP contribution in [0.2, 0.25) is 5.28 Å². The van der Waals surface area contributed by atoms with Crippen molar-refractivity contribution >= 4 is 11.6 Å². The summed E-state index contributed by atoms with van der Waals surface area (Å²) in [5.74, 6) is -4.51. The van der Waals surface area contributed by atoms with Crippen LogP contribution in [0.25, 0.3) is 11.3 Å². The monoisotopic (exact) mass is 370 g/mol. The van der Waals surface area contributed by atoms with Gasteiger partial charge in [-0.05, 0) is 29.3 Å². The summed E-state index contributed by atoms with van der Waals surface area (Å²) >= 11 is 5.65. The largest absolute Gasteiger partial charge is 0.271 e. The van der Waals surface area contributed by atoms with Gasteiger partial charge in [-0.2, -0.15) is 5.10 Å². The van der Waals surface area contributed by atoms with E-state index in [1.54, 1.807) is 0 Å². The van der Waals surface area contributed by atoms with Crippen LogP contribution in [-0.4, -0.2) is 25.7 Å². The zero-order valence-electron chi connectivity index (χ0n) is 12.8. The quantitative estimate of drug-likeness (QED) is 0.501. The minimum Gasteiger partial charge on any atom is -0.258 e. The first-order chi connectivity index (χ1) is 11.8. The number of hydrogen-bond donors (Lipinski definition) is 0. The molecule has 0 aliphatic rings. The van der Waals surface area contributed by atoms with E-state index in [4.69, 9.17) is 11.6 Å². The lowest BCUT2D eigenvalue weighted by molar-refractivity contribution is -0.0217. The summed E-state index contributed by atoms with van der Waals surface area (Å²) in [5, 5.41) is 3.72. The number of rotatable bonds is 4. The summed E-state index contributed by atoms with van der Waals surface area (Å²) in [6.07, 6.45) is 3.31. The van der Waals surface area contributed by atoms with Gasteiger partial charge in [0.1, 0.15) is 17.6 Å². The molecular weight excluding hydrogens is 360 g/mol. The van der Waals surface area contributed by atoms with E-state index in [1.165, 1.54) is 24.5 Å². The summed E-state index contributed by atoms with van der Waals surface area (Å²) in [6.45, 7) is 0.727. The van der Waals surface area contributed by atoms with Gasteiger partial charge in [-0.3, -0.25) is 4.68 Å². The first-order valence-electron chi connectivity index (χ1n) is 7.11. The van der Waals surface area contributed by atoms with Crippen molar-refractivity contribution in [2.45, 2.75) is 18.9 Å². The van der Waals surface area contributed by atoms with Gasteiger partial charge in [0, 0.05) is 18.7 Å². The third kappa shape index (κ3) is 3.63. The molecule has 0 spiro atoms. The number of benzene rings is 1. The lowest BCUT2D eigenvalue weighted by Gasteiger charge is -2.24. The van der Waals surface area contributed by atoms with Gasteiger partial charge in [-0.25, -0.2) is 27.5 Å². The van der Waals surface area contributed by atoms with Crippen LogP contribution in [0, 0.1) is 11.6 Å². The van der Waals surface area contributed by atoms with Gasteiger partial charge >= 0.3 is 0 Å². The fraction of sp³-hybridized carbons (Fsp3) is 0.188. The van der Waals surface area contributed by atoms with Crippen molar-refractivity contribution in [3.05, 3.63) is 65.3 Å². The fourth-order valence-electron chi connectivity index (χ4n) is 2.47. The Balaban J connectivity index is 2.05. The van der Waals surface area contributed by atoms with E-state index < -0.39 is 23.6 Å². The minimum atomic E-state index is -3.21. The Labute approximate surface area is 145 Å².